The number of amides is 1. The summed E-state index contributed by atoms with van der Waals surface area (Å²) in [6.07, 6.45) is 0.376. The van der Waals surface area contributed by atoms with Gasteiger partial charge in [-0.05, 0) is 18.2 Å². The Morgan fingerprint density at radius 3 is 2.60 bits per heavy atom. The van der Waals surface area contributed by atoms with Crippen molar-refractivity contribution in [2.75, 3.05) is 20.2 Å². The minimum absolute atomic E-state index is 0.136. The van der Waals surface area contributed by atoms with Gasteiger partial charge >= 0.3 is 6.18 Å². The molecule has 1 aromatic carbocycles. The van der Waals surface area contributed by atoms with E-state index in [9.17, 15) is 22.4 Å². The molecule has 0 aliphatic heterocycles. The lowest BCUT2D eigenvalue weighted by Gasteiger charge is -2.22. The van der Waals surface area contributed by atoms with Crippen LogP contribution in [0, 0.1) is 18.2 Å². The first-order valence-corrected chi connectivity index (χ1v) is 5.41. The van der Waals surface area contributed by atoms with Crippen LogP contribution in [-0.4, -0.2) is 37.2 Å². The highest BCUT2D eigenvalue weighted by Crippen LogP contribution is 2.21. The number of ether oxygens (including phenoxy) is 1. The van der Waals surface area contributed by atoms with Gasteiger partial charge in [-0.3, -0.25) is 4.79 Å². The van der Waals surface area contributed by atoms with E-state index < -0.39 is 31.0 Å². The van der Waals surface area contributed by atoms with Crippen molar-refractivity contribution in [2.24, 2.45) is 0 Å². The van der Waals surface area contributed by atoms with Crippen molar-refractivity contribution in [1.29, 1.82) is 0 Å². The highest BCUT2D eigenvalue weighted by atomic mass is 19.4. The fourth-order valence-electron chi connectivity index (χ4n) is 1.50. The van der Waals surface area contributed by atoms with Crippen LogP contribution in [0.1, 0.15) is 10.4 Å². The van der Waals surface area contributed by atoms with Crippen molar-refractivity contribution in [3.8, 4) is 18.1 Å². The van der Waals surface area contributed by atoms with Gasteiger partial charge in [0.05, 0.1) is 13.7 Å². The van der Waals surface area contributed by atoms with E-state index in [1.165, 1.54) is 7.11 Å². The summed E-state index contributed by atoms with van der Waals surface area (Å²) in [5.41, 5.74) is -0.136. The fourth-order valence-corrected chi connectivity index (χ4v) is 1.50. The Kier molecular flexibility index (Phi) is 4.97. The smallest absolute Gasteiger partial charge is 0.406 e. The van der Waals surface area contributed by atoms with E-state index in [-0.39, 0.29) is 11.3 Å². The molecule has 0 aliphatic rings. The molecule has 20 heavy (non-hydrogen) atoms. The van der Waals surface area contributed by atoms with E-state index in [2.05, 4.69) is 4.74 Å². The summed E-state index contributed by atoms with van der Waals surface area (Å²) in [5.74, 6) is 0.0831. The predicted octanol–water partition coefficient (Wildman–Crippen LogP) is 2.47. The fraction of sp³-hybridized carbons (Fsp3) is 0.308. The number of alkyl halides is 3. The Hall–Kier alpha value is -2.23. The number of nitrogens with zero attached hydrogens (tertiary/aromatic N) is 1. The van der Waals surface area contributed by atoms with Crippen LogP contribution in [0.15, 0.2) is 18.2 Å². The standard InChI is InChI=1S/C13H11F4NO2/c1-3-6-18(8-13(15,16)17)12(19)9-4-5-10(14)11(7-9)20-2/h1,4-5,7H,6,8H2,2H3. The molecule has 0 saturated heterocycles. The lowest BCUT2D eigenvalue weighted by atomic mass is 10.1. The Labute approximate surface area is 113 Å². The molecule has 1 amide bonds. The molecule has 0 bridgehead atoms. The molecule has 0 spiro atoms. The number of halogens is 4. The van der Waals surface area contributed by atoms with Crippen LogP contribution < -0.4 is 4.74 Å². The van der Waals surface area contributed by atoms with Gasteiger partial charge in [-0.15, -0.1) is 6.42 Å². The molecule has 1 rings (SSSR count). The summed E-state index contributed by atoms with van der Waals surface area (Å²) in [6.45, 7) is -1.98. The van der Waals surface area contributed by atoms with Gasteiger partial charge in [0.1, 0.15) is 6.54 Å². The largest absolute Gasteiger partial charge is 0.494 e. The summed E-state index contributed by atoms with van der Waals surface area (Å²) in [7, 11) is 1.18. The predicted molar refractivity (Wildman–Crippen MR) is 63.7 cm³/mol. The van der Waals surface area contributed by atoms with E-state index in [1.807, 2.05) is 5.92 Å². The second kappa shape index (κ2) is 6.28. The van der Waals surface area contributed by atoms with Gasteiger partial charge in [-0.2, -0.15) is 13.2 Å². The molecule has 0 aromatic heterocycles. The maximum atomic E-state index is 13.2. The van der Waals surface area contributed by atoms with Gasteiger partial charge in [-0.1, -0.05) is 5.92 Å². The molecule has 0 unspecified atom stereocenters. The van der Waals surface area contributed by atoms with Crippen LogP contribution in [0.25, 0.3) is 0 Å². The molecular formula is C13H11F4NO2. The molecule has 0 saturated carbocycles. The van der Waals surface area contributed by atoms with Gasteiger partial charge in [0.15, 0.2) is 11.6 Å². The first-order chi connectivity index (χ1) is 9.28. The third kappa shape index (κ3) is 4.16. The zero-order chi connectivity index (χ0) is 15.3. The summed E-state index contributed by atoms with van der Waals surface area (Å²) < 4.78 is 55.0. The number of carbonyl (C=O) groups excluding carboxylic acids is 1. The molecule has 0 atom stereocenters. The Bertz CT molecular complexity index is 534. The molecule has 108 valence electrons. The third-order valence-electron chi connectivity index (χ3n) is 2.34. The SMILES string of the molecule is C#CCN(CC(F)(F)F)C(=O)c1ccc(F)c(OC)c1. The van der Waals surface area contributed by atoms with Gasteiger partial charge in [0, 0.05) is 5.56 Å². The highest BCUT2D eigenvalue weighted by molar-refractivity contribution is 5.94. The Morgan fingerprint density at radius 1 is 1.45 bits per heavy atom. The maximum Gasteiger partial charge on any atom is 0.406 e. The van der Waals surface area contributed by atoms with Crippen molar-refractivity contribution in [2.45, 2.75) is 6.18 Å². The molecule has 0 heterocycles. The molecule has 3 nitrogen and oxygen atoms in total. The normalized spacial score (nSPS) is 10.8. The number of methoxy groups -OCH3 is 1. The van der Waals surface area contributed by atoms with E-state index in [0.717, 1.165) is 18.2 Å². The van der Waals surface area contributed by atoms with E-state index in [0.29, 0.717) is 4.90 Å². The lowest BCUT2D eigenvalue weighted by molar-refractivity contribution is -0.139. The highest BCUT2D eigenvalue weighted by Gasteiger charge is 2.33. The average Bonchev–Trinajstić information content (AvgIpc) is 2.36. The van der Waals surface area contributed by atoms with Crippen LogP contribution in [0.5, 0.6) is 5.75 Å². The zero-order valence-corrected chi connectivity index (χ0v) is 10.5. The quantitative estimate of drug-likeness (QED) is 0.629. The zero-order valence-electron chi connectivity index (χ0n) is 10.5. The van der Waals surface area contributed by atoms with Gasteiger partial charge in [0.2, 0.25) is 0 Å². The second-order valence-corrected chi connectivity index (χ2v) is 3.83. The van der Waals surface area contributed by atoms with Crippen LogP contribution in [-0.2, 0) is 0 Å². The number of hydrogen-bond donors (Lipinski definition) is 0. The van der Waals surface area contributed by atoms with Crippen molar-refractivity contribution in [3.05, 3.63) is 29.6 Å². The molecule has 0 radical (unpaired) electrons. The maximum absolute atomic E-state index is 13.2. The lowest BCUT2D eigenvalue weighted by Crippen LogP contribution is -2.39. The number of benzene rings is 1. The summed E-state index contributed by atoms with van der Waals surface area (Å²) in [5, 5.41) is 0. The first kappa shape index (κ1) is 15.8. The van der Waals surface area contributed by atoms with Crippen molar-refractivity contribution in [3.63, 3.8) is 0 Å². The Morgan fingerprint density at radius 2 is 2.10 bits per heavy atom. The minimum atomic E-state index is -4.57. The molecule has 0 aliphatic carbocycles. The molecule has 0 fully saturated rings. The molecule has 0 N–H and O–H groups in total. The van der Waals surface area contributed by atoms with Crippen LogP contribution >= 0.6 is 0 Å². The van der Waals surface area contributed by atoms with E-state index in [1.54, 1.807) is 0 Å². The summed E-state index contributed by atoms with van der Waals surface area (Å²) in [4.78, 5) is 12.4. The summed E-state index contributed by atoms with van der Waals surface area (Å²) >= 11 is 0. The van der Waals surface area contributed by atoms with Crippen molar-refractivity contribution >= 4 is 5.91 Å². The summed E-state index contributed by atoms with van der Waals surface area (Å²) in [6, 6.07) is 3.03. The van der Waals surface area contributed by atoms with Gasteiger partial charge in [-0.25, -0.2) is 4.39 Å². The minimum Gasteiger partial charge on any atom is -0.494 e. The van der Waals surface area contributed by atoms with Gasteiger partial charge < -0.3 is 9.64 Å². The van der Waals surface area contributed by atoms with E-state index >= 15 is 0 Å². The number of hydrogen-bond acceptors (Lipinski definition) is 2. The molecule has 1 aromatic rings. The third-order valence-corrected chi connectivity index (χ3v) is 2.34. The number of carbonyl (C=O) groups is 1. The van der Waals surface area contributed by atoms with E-state index in [4.69, 9.17) is 6.42 Å². The van der Waals surface area contributed by atoms with Crippen LogP contribution in [0.3, 0.4) is 0 Å². The number of rotatable bonds is 4. The first-order valence-electron chi connectivity index (χ1n) is 5.41. The Balaban J connectivity index is 3.03. The van der Waals surface area contributed by atoms with Crippen molar-refractivity contribution < 1.29 is 27.1 Å². The number of terminal acetylenes is 1. The second-order valence-electron chi connectivity index (χ2n) is 3.83. The van der Waals surface area contributed by atoms with Crippen LogP contribution in [0.4, 0.5) is 17.6 Å². The topological polar surface area (TPSA) is 29.5 Å². The molecule has 7 heteroatoms. The van der Waals surface area contributed by atoms with Gasteiger partial charge in [0.25, 0.3) is 5.91 Å². The average molecular weight is 289 g/mol. The van der Waals surface area contributed by atoms with Crippen molar-refractivity contribution in [1.82, 2.24) is 4.90 Å². The molecular weight excluding hydrogens is 278 g/mol. The monoisotopic (exact) mass is 289 g/mol. The van der Waals surface area contributed by atoms with Crippen LogP contribution in [0.2, 0.25) is 0 Å².